The fourth-order valence-electron chi connectivity index (χ4n) is 1.18. The van der Waals surface area contributed by atoms with Crippen LogP contribution in [0.15, 0.2) is 24.3 Å². The highest BCUT2D eigenvalue weighted by molar-refractivity contribution is 5.69. The molecule has 0 bridgehead atoms. The lowest BCUT2D eigenvalue weighted by Gasteiger charge is -2.15. The van der Waals surface area contributed by atoms with E-state index in [1.807, 2.05) is 0 Å². The van der Waals surface area contributed by atoms with E-state index in [1.165, 1.54) is 31.2 Å². The quantitative estimate of drug-likeness (QED) is 0.577. The van der Waals surface area contributed by atoms with E-state index >= 15 is 0 Å². The van der Waals surface area contributed by atoms with Gasteiger partial charge >= 0.3 is 12.1 Å². The van der Waals surface area contributed by atoms with Crippen LogP contribution in [0.5, 0.6) is 5.75 Å². The van der Waals surface area contributed by atoms with Crippen molar-refractivity contribution in [3.63, 3.8) is 0 Å². The Balaban J connectivity index is 2.83. The van der Waals surface area contributed by atoms with Crippen molar-refractivity contribution in [3.05, 3.63) is 29.8 Å². The second-order valence-electron chi connectivity index (χ2n) is 3.43. The van der Waals surface area contributed by atoms with Crippen molar-refractivity contribution in [2.75, 3.05) is 0 Å². The highest BCUT2D eigenvalue weighted by Crippen LogP contribution is 2.34. The highest BCUT2D eigenvalue weighted by atomic mass is 19.4. The zero-order chi connectivity index (χ0) is 12.3. The van der Waals surface area contributed by atoms with E-state index in [2.05, 4.69) is 0 Å². The molecule has 5 heteroatoms. The molecule has 0 N–H and O–H groups in total. The molecule has 0 saturated carbocycles. The van der Waals surface area contributed by atoms with Crippen LogP contribution >= 0.6 is 0 Å². The molecule has 0 aliphatic carbocycles. The molecular formula is C11H11F3O2. The Morgan fingerprint density at radius 2 is 1.75 bits per heavy atom. The van der Waals surface area contributed by atoms with Crippen molar-refractivity contribution in [2.45, 2.75) is 25.9 Å². The molecule has 0 fully saturated rings. The zero-order valence-electron chi connectivity index (χ0n) is 8.84. The monoisotopic (exact) mass is 232 g/mol. The largest absolute Gasteiger partial charge is 0.427 e. The SMILES string of the molecule is CC(=O)Oc1ccc(C(C)C(F)(F)F)cc1. The number of alkyl halides is 3. The smallest absolute Gasteiger partial charge is 0.395 e. The summed E-state index contributed by atoms with van der Waals surface area (Å²) in [5.74, 6) is -1.79. The Morgan fingerprint density at radius 3 is 2.12 bits per heavy atom. The number of carbonyl (C=O) groups is 1. The number of rotatable bonds is 2. The van der Waals surface area contributed by atoms with Gasteiger partial charge in [-0.15, -0.1) is 0 Å². The molecule has 0 spiro atoms. The molecule has 1 unspecified atom stereocenters. The summed E-state index contributed by atoms with van der Waals surface area (Å²) in [5, 5.41) is 0. The Morgan fingerprint density at radius 1 is 1.25 bits per heavy atom. The number of halogens is 3. The van der Waals surface area contributed by atoms with Gasteiger partial charge in [-0.1, -0.05) is 12.1 Å². The van der Waals surface area contributed by atoms with Crippen molar-refractivity contribution in [1.29, 1.82) is 0 Å². The Kier molecular flexibility index (Phi) is 3.57. The maximum absolute atomic E-state index is 12.4. The molecule has 1 atom stereocenters. The fourth-order valence-corrected chi connectivity index (χ4v) is 1.18. The first-order valence-electron chi connectivity index (χ1n) is 4.66. The molecular weight excluding hydrogens is 221 g/mol. The van der Waals surface area contributed by atoms with Gasteiger partial charge in [0.1, 0.15) is 5.75 Å². The summed E-state index contributed by atoms with van der Waals surface area (Å²) < 4.78 is 41.8. The van der Waals surface area contributed by atoms with Gasteiger partial charge in [-0.25, -0.2) is 0 Å². The summed E-state index contributed by atoms with van der Waals surface area (Å²) in [6.45, 7) is 2.31. The number of esters is 1. The number of carbonyl (C=O) groups excluding carboxylic acids is 1. The van der Waals surface area contributed by atoms with Gasteiger partial charge in [0, 0.05) is 6.92 Å². The Labute approximate surface area is 91.0 Å². The molecule has 88 valence electrons. The Bertz CT molecular complexity index is 368. The minimum atomic E-state index is -4.26. The molecule has 1 aromatic rings. The van der Waals surface area contributed by atoms with Crippen molar-refractivity contribution >= 4 is 5.97 Å². The van der Waals surface area contributed by atoms with Gasteiger partial charge in [0.05, 0.1) is 5.92 Å². The zero-order valence-corrected chi connectivity index (χ0v) is 8.84. The second-order valence-corrected chi connectivity index (χ2v) is 3.43. The molecule has 1 aromatic carbocycles. The lowest BCUT2D eigenvalue weighted by Crippen LogP contribution is -2.17. The van der Waals surface area contributed by atoms with Crippen LogP contribution in [-0.4, -0.2) is 12.1 Å². The fraction of sp³-hybridized carbons (Fsp3) is 0.364. The third kappa shape index (κ3) is 3.25. The molecule has 2 nitrogen and oxygen atoms in total. The molecule has 0 aromatic heterocycles. The van der Waals surface area contributed by atoms with Crippen molar-refractivity contribution in [2.24, 2.45) is 0 Å². The summed E-state index contributed by atoms with van der Waals surface area (Å²) in [6, 6.07) is 5.30. The molecule has 0 amide bonds. The average molecular weight is 232 g/mol. The highest BCUT2D eigenvalue weighted by Gasteiger charge is 2.36. The van der Waals surface area contributed by atoms with Gasteiger partial charge in [0.25, 0.3) is 0 Å². The van der Waals surface area contributed by atoms with E-state index in [0.717, 1.165) is 6.92 Å². The molecule has 0 radical (unpaired) electrons. The normalized spacial score (nSPS) is 13.3. The van der Waals surface area contributed by atoms with Gasteiger partial charge < -0.3 is 4.74 Å². The molecule has 0 saturated heterocycles. The van der Waals surface area contributed by atoms with E-state index in [1.54, 1.807) is 0 Å². The van der Waals surface area contributed by atoms with Crippen LogP contribution in [0.3, 0.4) is 0 Å². The lowest BCUT2D eigenvalue weighted by atomic mass is 10.0. The van der Waals surface area contributed by atoms with E-state index in [0.29, 0.717) is 0 Å². The van der Waals surface area contributed by atoms with Crippen LogP contribution in [0.2, 0.25) is 0 Å². The average Bonchev–Trinajstić information content (AvgIpc) is 2.15. The molecule has 0 heterocycles. The summed E-state index contributed by atoms with van der Waals surface area (Å²) in [7, 11) is 0. The summed E-state index contributed by atoms with van der Waals surface area (Å²) in [5.41, 5.74) is 0.142. The van der Waals surface area contributed by atoms with Crippen LogP contribution in [0.25, 0.3) is 0 Å². The second kappa shape index (κ2) is 4.55. The van der Waals surface area contributed by atoms with E-state index in [4.69, 9.17) is 4.74 Å². The minimum absolute atomic E-state index is 0.142. The third-order valence-corrected chi connectivity index (χ3v) is 2.13. The van der Waals surface area contributed by atoms with E-state index in [-0.39, 0.29) is 11.3 Å². The molecule has 16 heavy (non-hydrogen) atoms. The van der Waals surface area contributed by atoms with Gasteiger partial charge in [0.15, 0.2) is 0 Å². The molecule has 0 aliphatic rings. The van der Waals surface area contributed by atoms with Crippen LogP contribution < -0.4 is 4.74 Å². The number of ether oxygens (including phenoxy) is 1. The van der Waals surface area contributed by atoms with E-state index in [9.17, 15) is 18.0 Å². The first kappa shape index (κ1) is 12.5. The number of hydrogen-bond acceptors (Lipinski definition) is 2. The third-order valence-electron chi connectivity index (χ3n) is 2.13. The molecule has 1 rings (SSSR count). The van der Waals surface area contributed by atoms with Gasteiger partial charge in [0.2, 0.25) is 0 Å². The number of hydrogen-bond donors (Lipinski definition) is 0. The van der Waals surface area contributed by atoms with Gasteiger partial charge in [-0.05, 0) is 24.6 Å². The van der Waals surface area contributed by atoms with Gasteiger partial charge in [-0.2, -0.15) is 13.2 Å². The van der Waals surface area contributed by atoms with Crippen molar-refractivity contribution in [1.82, 2.24) is 0 Å². The van der Waals surface area contributed by atoms with Crippen LogP contribution in [0.4, 0.5) is 13.2 Å². The lowest BCUT2D eigenvalue weighted by molar-refractivity contribution is -0.146. The summed E-state index contributed by atoms with van der Waals surface area (Å²) in [6.07, 6.45) is -4.26. The standard InChI is InChI=1S/C11H11F3O2/c1-7(11(12,13)14)9-3-5-10(6-4-9)16-8(2)15/h3-7H,1-2H3. The van der Waals surface area contributed by atoms with Gasteiger partial charge in [-0.3, -0.25) is 4.79 Å². The first-order chi connectivity index (χ1) is 7.30. The topological polar surface area (TPSA) is 26.3 Å². The maximum atomic E-state index is 12.4. The van der Waals surface area contributed by atoms with E-state index < -0.39 is 18.1 Å². The predicted molar refractivity (Wildman–Crippen MR) is 52.2 cm³/mol. The number of benzene rings is 1. The van der Waals surface area contributed by atoms with Crippen LogP contribution in [0.1, 0.15) is 25.3 Å². The summed E-state index contributed by atoms with van der Waals surface area (Å²) >= 11 is 0. The Hall–Kier alpha value is -1.52. The van der Waals surface area contributed by atoms with Crippen molar-refractivity contribution < 1.29 is 22.7 Å². The van der Waals surface area contributed by atoms with Crippen LogP contribution in [0, 0.1) is 0 Å². The maximum Gasteiger partial charge on any atom is 0.395 e. The first-order valence-corrected chi connectivity index (χ1v) is 4.66. The minimum Gasteiger partial charge on any atom is -0.427 e. The predicted octanol–water partition coefficient (Wildman–Crippen LogP) is 3.28. The van der Waals surface area contributed by atoms with Crippen LogP contribution in [-0.2, 0) is 4.79 Å². The molecule has 0 aliphatic heterocycles. The summed E-state index contributed by atoms with van der Waals surface area (Å²) in [4.78, 5) is 10.6. The van der Waals surface area contributed by atoms with Crippen molar-refractivity contribution in [3.8, 4) is 5.75 Å².